The van der Waals surface area contributed by atoms with Gasteiger partial charge in [-0.15, -0.1) is 11.3 Å². The largest absolute Gasteiger partial charge is 0.444 e. The number of aryl methyl sites for hydroxylation is 1. The molecule has 0 bridgehead atoms. The Hall–Kier alpha value is -4.77. The summed E-state index contributed by atoms with van der Waals surface area (Å²) in [4.78, 5) is 51.7. The number of benzene rings is 2. The van der Waals surface area contributed by atoms with E-state index in [1.807, 2.05) is 63.2 Å². The number of fused-ring (bicyclic) bond motifs is 3. The molecule has 1 N–H and O–H groups in total. The van der Waals surface area contributed by atoms with Gasteiger partial charge >= 0.3 is 6.09 Å². The van der Waals surface area contributed by atoms with E-state index in [9.17, 15) is 18.8 Å². The molecule has 4 heterocycles. The first kappa shape index (κ1) is 32.2. The Kier molecular flexibility index (Phi) is 9.01. The summed E-state index contributed by atoms with van der Waals surface area (Å²) >= 11 is 1.34. The molecule has 0 aliphatic carbocycles. The van der Waals surface area contributed by atoms with Crippen molar-refractivity contribution in [3.63, 3.8) is 0 Å². The van der Waals surface area contributed by atoms with Crippen molar-refractivity contribution < 1.29 is 23.5 Å². The number of ether oxygens (including phenoxy) is 1. The van der Waals surface area contributed by atoms with Gasteiger partial charge in [0.05, 0.1) is 16.3 Å². The van der Waals surface area contributed by atoms with Crippen LogP contribution in [0.3, 0.4) is 0 Å². The molecule has 2 aliphatic heterocycles. The van der Waals surface area contributed by atoms with E-state index >= 15 is 0 Å². The zero-order chi connectivity index (χ0) is 33.3. The number of halogens is 1. The Labute approximate surface area is 278 Å². The zero-order valence-corrected chi connectivity index (χ0v) is 27.8. The second-order valence-electron chi connectivity index (χ2n) is 12.8. The van der Waals surface area contributed by atoms with Crippen molar-refractivity contribution in [2.24, 2.45) is 0 Å². The smallest absolute Gasteiger partial charge is 0.410 e. The lowest BCUT2D eigenvalue weighted by atomic mass is 10.1. The number of amides is 3. The average molecular weight is 656 g/mol. The first-order chi connectivity index (χ1) is 22.5. The third-order valence-corrected chi connectivity index (χ3v) is 9.42. The Morgan fingerprint density at radius 2 is 1.72 bits per heavy atom. The highest BCUT2D eigenvalue weighted by molar-refractivity contribution is 7.17. The molecule has 244 valence electrons. The first-order valence-corrected chi connectivity index (χ1v) is 16.6. The molecule has 0 spiro atoms. The molecule has 3 amide bonds. The van der Waals surface area contributed by atoms with E-state index in [0.717, 1.165) is 28.1 Å². The summed E-state index contributed by atoms with van der Waals surface area (Å²) < 4.78 is 20.0. The van der Waals surface area contributed by atoms with Crippen LogP contribution in [0.1, 0.15) is 58.5 Å². The molecule has 2 aromatic carbocycles. The molecule has 0 saturated carbocycles. The number of pyridine rings is 1. The summed E-state index contributed by atoms with van der Waals surface area (Å²) in [5.41, 5.74) is 3.14. The lowest BCUT2D eigenvalue weighted by Crippen LogP contribution is -2.39. The average Bonchev–Trinajstić information content (AvgIpc) is 3.21. The third kappa shape index (κ3) is 7.00. The molecule has 6 rings (SSSR count). The van der Waals surface area contributed by atoms with E-state index in [2.05, 4.69) is 10.2 Å². The number of carbonyl (C=O) groups is 3. The van der Waals surface area contributed by atoms with Gasteiger partial charge in [0.2, 0.25) is 0 Å². The number of rotatable bonds is 4. The maximum absolute atomic E-state index is 14.4. The normalized spacial score (nSPS) is 14.9. The van der Waals surface area contributed by atoms with E-state index in [1.54, 1.807) is 34.9 Å². The molecule has 1 saturated heterocycles. The van der Waals surface area contributed by atoms with Crippen LogP contribution in [-0.2, 0) is 11.2 Å². The number of carbonyl (C=O) groups excluding carboxylic acids is 3. The van der Waals surface area contributed by atoms with Crippen molar-refractivity contribution in [3.05, 3.63) is 94.2 Å². The standard InChI is InChI=1S/C36H38FN5O4S/c1-23-10-7-12-26(37)31(23)39-33(43)29-22-24-16-19-42(28-14-6-5-11-25(28)32(24)47-29)34(44)27-13-8-15-30(38-27)40-17-9-18-41(21-20-40)35(45)46-36(2,3)4/h5-8,10-15,22H,9,16-21H2,1-4H3,(H,39,43). The predicted octanol–water partition coefficient (Wildman–Crippen LogP) is 7.16. The molecule has 9 nitrogen and oxygen atoms in total. The van der Waals surface area contributed by atoms with Crippen LogP contribution in [-0.4, -0.2) is 66.1 Å². The summed E-state index contributed by atoms with van der Waals surface area (Å²) in [5.74, 6) is -0.379. The Bertz CT molecular complexity index is 1810. The quantitative estimate of drug-likeness (QED) is 0.251. The Morgan fingerprint density at radius 3 is 2.51 bits per heavy atom. The number of nitrogens with one attached hydrogen (secondary N) is 1. The summed E-state index contributed by atoms with van der Waals surface area (Å²) in [6.45, 7) is 10.1. The predicted molar refractivity (Wildman–Crippen MR) is 183 cm³/mol. The van der Waals surface area contributed by atoms with Crippen LogP contribution in [0.2, 0.25) is 0 Å². The van der Waals surface area contributed by atoms with Crippen molar-refractivity contribution in [1.82, 2.24) is 9.88 Å². The maximum atomic E-state index is 14.4. The van der Waals surface area contributed by atoms with Crippen molar-refractivity contribution in [2.75, 3.05) is 47.8 Å². The molecule has 1 fully saturated rings. The van der Waals surface area contributed by atoms with E-state index in [0.29, 0.717) is 61.1 Å². The van der Waals surface area contributed by atoms with Crippen LogP contribution in [0.15, 0.2) is 66.7 Å². The number of aromatic nitrogens is 1. The number of nitrogens with zero attached hydrogens (tertiary/aromatic N) is 4. The van der Waals surface area contributed by atoms with Gasteiger partial charge in [0.15, 0.2) is 0 Å². The number of para-hydroxylation sites is 2. The zero-order valence-electron chi connectivity index (χ0n) is 27.0. The highest BCUT2D eigenvalue weighted by Gasteiger charge is 2.29. The molecule has 0 atom stereocenters. The minimum absolute atomic E-state index is 0.175. The Balaban J connectivity index is 1.21. The number of thiophene rings is 1. The topological polar surface area (TPSA) is 95.1 Å². The van der Waals surface area contributed by atoms with Crippen LogP contribution in [0, 0.1) is 12.7 Å². The van der Waals surface area contributed by atoms with Crippen molar-refractivity contribution in [2.45, 2.75) is 46.1 Å². The molecular weight excluding hydrogens is 617 g/mol. The highest BCUT2D eigenvalue weighted by Crippen LogP contribution is 2.42. The third-order valence-electron chi connectivity index (χ3n) is 8.21. The summed E-state index contributed by atoms with van der Waals surface area (Å²) in [6, 6.07) is 19.7. The summed E-state index contributed by atoms with van der Waals surface area (Å²) in [7, 11) is 0. The fourth-order valence-corrected chi connectivity index (χ4v) is 7.04. The second-order valence-corrected chi connectivity index (χ2v) is 13.8. The fourth-order valence-electron chi connectivity index (χ4n) is 5.90. The number of hydrogen-bond acceptors (Lipinski definition) is 7. The second kappa shape index (κ2) is 13.2. The number of hydrogen-bond donors (Lipinski definition) is 1. The van der Waals surface area contributed by atoms with Crippen molar-refractivity contribution in [1.29, 1.82) is 0 Å². The van der Waals surface area contributed by atoms with Gasteiger partial charge in [0, 0.05) is 43.2 Å². The lowest BCUT2D eigenvalue weighted by Gasteiger charge is -2.27. The molecular formula is C36H38FN5O4S. The maximum Gasteiger partial charge on any atom is 0.410 e. The van der Waals surface area contributed by atoms with Crippen LogP contribution in [0.5, 0.6) is 0 Å². The lowest BCUT2D eigenvalue weighted by molar-refractivity contribution is 0.0263. The van der Waals surface area contributed by atoms with Gasteiger partial charge in [0.25, 0.3) is 11.8 Å². The molecule has 4 aromatic rings. The fraction of sp³-hybridized carbons (Fsp3) is 0.333. The molecule has 0 unspecified atom stereocenters. The van der Waals surface area contributed by atoms with Gasteiger partial charge in [-0.05, 0) is 82.0 Å². The minimum Gasteiger partial charge on any atom is -0.444 e. The van der Waals surface area contributed by atoms with Gasteiger partial charge in [-0.1, -0.05) is 36.4 Å². The highest BCUT2D eigenvalue weighted by atomic mass is 32.1. The molecule has 11 heteroatoms. The van der Waals surface area contributed by atoms with Crippen LogP contribution < -0.4 is 15.1 Å². The minimum atomic E-state index is -0.560. The first-order valence-electron chi connectivity index (χ1n) is 15.8. The molecule has 2 aromatic heterocycles. The van der Waals surface area contributed by atoms with Gasteiger partial charge in [-0.3, -0.25) is 9.59 Å². The van der Waals surface area contributed by atoms with Gasteiger partial charge in [-0.2, -0.15) is 0 Å². The number of anilines is 3. The van der Waals surface area contributed by atoms with E-state index in [1.165, 1.54) is 17.4 Å². The van der Waals surface area contributed by atoms with Crippen molar-refractivity contribution >= 4 is 46.4 Å². The SMILES string of the molecule is Cc1cccc(F)c1NC(=O)c1cc2c(s1)-c1ccccc1N(C(=O)c1cccc(N3CCCN(C(=O)OC(C)(C)C)CC3)n1)CC2. The molecule has 2 aliphatic rings. The van der Waals surface area contributed by atoms with E-state index < -0.39 is 11.4 Å². The van der Waals surface area contributed by atoms with Crippen LogP contribution >= 0.6 is 11.3 Å². The summed E-state index contributed by atoms with van der Waals surface area (Å²) in [5, 5.41) is 2.74. The molecule has 47 heavy (non-hydrogen) atoms. The molecule has 0 radical (unpaired) electrons. The van der Waals surface area contributed by atoms with Crippen LogP contribution in [0.25, 0.3) is 10.4 Å². The summed E-state index contributed by atoms with van der Waals surface area (Å²) in [6.07, 6.45) is 0.961. The van der Waals surface area contributed by atoms with Crippen LogP contribution in [0.4, 0.5) is 26.4 Å². The Morgan fingerprint density at radius 1 is 0.936 bits per heavy atom. The van der Waals surface area contributed by atoms with Gasteiger partial charge < -0.3 is 24.8 Å². The monoisotopic (exact) mass is 655 g/mol. The van der Waals surface area contributed by atoms with E-state index in [-0.39, 0.29) is 23.6 Å². The van der Waals surface area contributed by atoms with Gasteiger partial charge in [-0.25, -0.2) is 14.2 Å². The van der Waals surface area contributed by atoms with Gasteiger partial charge in [0.1, 0.15) is 22.9 Å². The van der Waals surface area contributed by atoms with E-state index in [4.69, 9.17) is 9.72 Å². The van der Waals surface area contributed by atoms with Crippen molar-refractivity contribution in [3.8, 4) is 10.4 Å².